The molecule has 4 nitrogen and oxygen atoms in total. The molecule has 0 atom stereocenters. The second kappa shape index (κ2) is 7.05. The first-order chi connectivity index (χ1) is 10.1. The summed E-state index contributed by atoms with van der Waals surface area (Å²) in [4.78, 5) is 0. The van der Waals surface area contributed by atoms with Crippen molar-refractivity contribution in [3.05, 3.63) is 59.2 Å². The normalized spacial score (nSPS) is 10.3. The number of nitrogens with two attached hydrogens (primary N) is 2. The summed E-state index contributed by atoms with van der Waals surface area (Å²) < 4.78 is 36.8. The molecule has 0 aliphatic carbocycles. The Morgan fingerprint density at radius 1 is 0.810 bits per heavy atom. The van der Waals surface area contributed by atoms with Crippen LogP contribution in [-0.4, -0.2) is 7.69 Å². The molecule has 0 fully saturated rings. The van der Waals surface area contributed by atoms with Crippen molar-refractivity contribution in [3.8, 4) is 11.5 Å². The molecule has 109 valence electrons. The van der Waals surface area contributed by atoms with Gasteiger partial charge in [-0.2, -0.15) is 0 Å². The summed E-state index contributed by atoms with van der Waals surface area (Å²) in [5, 5.41) is 0. The lowest BCUT2D eigenvalue weighted by molar-refractivity contribution is 0.447. The Labute approximate surface area is 122 Å². The second-order valence-electron chi connectivity index (χ2n) is 4.24. The molecule has 0 heterocycles. The zero-order chi connectivity index (χ0) is 15.2. The zero-order valence-electron chi connectivity index (χ0n) is 11.2. The van der Waals surface area contributed by atoms with Crippen molar-refractivity contribution in [2.45, 2.75) is 13.1 Å². The van der Waals surface area contributed by atoms with Gasteiger partial charge >= 0.3 is 7.69 Å². The number of hydrogen-bond acceptors (Lipinski definition) is 4. The average Bonchev–Trinajstić information content (AvgIpc) is 2.48. The molecule has 0 spiro atoms. The third kappa shape index (κ3) is 3.93. The van der Waals surface area contributed by atoms with Crippen molar-refractivity contribution in [2.24, 2.45) is 11.5 Å². The van der Waals surface area contributed by atoms with Crippen LogP contribution in [0.4, 0.5) is 8.78 Å². The van der Waals surface area contributed by atoms with Crippen LogP contribution in [0.3, 0.4) is 0 Å². The topological polar surface area (TPSA) is 70.5 Å². The predicted molar refractivity (Wildman–Crippen MR) is 75.6 cm³/mol. The summed E-state index contributed by atoms with van der Waals surface area (Å²) in [5.74, 6) is -0.431. The van der Waals surface area contributed by atoms with Gasteiger partial charge in [0.05, 0.1) is 0 Å². The summed E-state index contributed by atoms with van der Waals surface area (Å²) in [6.07, 6.45) is 0. The van der Waals surface area contributed by atoms with Crippen molar-refractivity contribution < 1.29 is 18.1 Å². The number of rotatable bonds is 6. The van der Waals surface area contributed by atoms with Gasteiger partial charge in [0.15, 0.2) is 0 Å². The molecule has 0 unspecified atom stereocenters. The number of benzene rings is 2. The first-order valence-electron chi connectivity index (χ1n) is 6.26. The second-order valence-corrected chi connectivity index (χ2v) is 4.24. The van der Waals surface area contributed by atoms with Gasteiger partial charge in [-0.15, -0.1) is 0 Å². The fourth-order valence-electron chi connectivity index (χ4n) is 1.74. The maximum atomic E-state index is 13.2. The van der Waals surface area contributed by atoms with E-state index in [1.807, 2.05) is 0 Å². The Kier molecular flexibility index (Phi) is 5.13. The SMILES string of the molecule is NCc1ccc(F)cc1O[B]Oc1cc(F)ccc1CN. The lowest BCUT2D eigenvalue weighted by atomic mass is 10.1. The summed E-state index contributed by atoms with van der Waals surface area (Å²) in [5.41, 5.74) is 12.3. The van der Waals surface area contributed by atoms with Crippen molar-refractivity contribution in [2.75, 3.05) is 0 Å². The van der Waals surface area contributed by atoms with Crippen LogP contribution < -0.4 is 20.8 Å². The van der Waals surface area contributed by atoms with Gasteiger partial charge in [-0.1, -0.05) is 12.1 Å². The molecule has 2 aromatic rings. The average molecular weight is 291 g/mol. The van der Waals surface area contributed by atoms with Crippen molar-refractivity contribution in [1.29, 1.82) is 0 Å². The molecule has 2 aromatic carbocycles. The molecule has 2 rings (SSSR count). The van der Waals surface area contributed by atoms with Gasteiger partial charge in [-0.25, -0.2) is 8.78 Å². The lowest BCUT2D eigenvalue weighted by Crippen LogP contribution is -2.15. The molecule has 0 aromatic heterocycles. The van der Waals surface area contributed by atoms with Crippen LogP contribution >= 0.6 is 0 Å². The van der Waals surface area contributed by atoms with E-state index in [9.17, 15) is 8.78 Å². The molecule has 21 heavy (non-hydrogen) atoms. The van der Waals surface area contributed by atoms with Gasteiger partial charge in [0.2, 0.25) is 0 Å². The molecule has 0 saturated carbocycles. The Morgan fingerprint density at radius 3 is 1.62 bits per heavy atom. The fourth-order valence-corrected chi connectivity index (χ4v) is 1.74. The van der Waals surface area contributed by atoms with E-state index in [4.69, 9.17) is 20.8 Å². The Morgan fingerprint density at radius 2 is 1.24 bits per heavy atom. The molecule has 1 radical (unpaired) electrons. The third-order valence-corrected chi connectivity index (χ3v) is 2.85. The highest BCUT2D eigenvalue weighted by molar-refractivity contribution is 6.20. The van der Waals surface area contributed by atoms with Gasteiger partial charge in [0.1, 0.15) is 23.1 Å². The van der Waals surface area contributed by atoms with Crippen LogP contribution in [0.5, 0.6) is 11.5 Å². The highest BCUT2D eigenvalue weighted by atomic mass is 19.1. The first-order valence-corrected chi connectivity index (χ1v) is 6.26. The monoisotopic (exact) mass is 291 g/mol. The summed E-state index contributed by atoms with van der Waals surface area (Å²) in [6, 6.07) is 8.00. The van der Waals surface area contributed by atoms with Gasteiger partial charge in [-0.3, -0.25) is 0 Å². The maximum absolute atomic E-state index is 13.2. The maximum Gasteiger partial charge on any atom is 0.658 e. The largest absolute Gasteiger partial charge is 0.658 e. The Hall–Kier alpha value is -2.12. The fraction of sp³-hybridized carbons (Fsp3) is 0.143. The molecule has 4 N–H and O–H groups in total. The molecule has 0 saturated heterocycles. The number of halogens is 2. The summed E-state index contributed by atoms with van der Waals surface area (Å²) >= 11 is 0. The van der Waals surface area contributed by atoms with Gasteiger partial charge in [0, 0.05) is 36.3 Å². The minimum atomic E-state index is -0.455. The Balaban J connectivity index is 2.05. The van der Waals surface area contributed by atoms with E-state index in [-0.39, 0.29) is 24.6 Å². The number of hydrogen-bond donors (Lipinski definition) is 2. The quantitative estimate of drug-likeness (QED) is 0.797. The first kappa shape index (κ1) is 15.3. The molecule has 0 aliphatic rings. The smallest absolute Gasteiger partial charge is 0.526 e. The van der Waals surface area contributed by atoms with Crippen LogP contribution in [0.25, 0.3) is 0 Å². The molecule has 7 heteroatoms. The van der Waals surface area contributed by atoms with Gasteiger partial charge in [0.25, 0.3) is 0 Å². The van der Waals surface area contributed by atoms with E-state index in [0.29, 0.717) is 11.1 Å². The standard InChI is InChI=1S/C14H14BF2N2O2/c16-11-3-1-9(7-18)13(5-11)20-15-21-14-6-12(17)4-2-10(14)8-19/h1-6H,7-8,18-19H2. The van der Waals surface area contributed by atoms with Crippen LogP contribution in [-0.2, 0) is 13.1 Å². The molecular weight excluding hydrogens is 277 g/mol. The van der Waals surface area contributed by atoms with Crippen LogP contribution in [0.15, 0.2) is 36.4 Å². The summed E-state index contributed by atoms with van der Waals surface area (Å²) in [6.45, 7) is 0.384. The highest BCUT2D eigenvalue weighted by Gasteiger charge is 2.10. The van der Waals surface area contributed by atoms with E-state index in [1.54, 1.807) is 0 Å². The van der Waals surface area contributed by atoms with Gasteiger partial charge < -0.3 is 20.8 Å². The van der Waals surface area contributed by atoms with E-state index in [0.717, 1.165) is 7.69 Å². The van der Waals surface area contributed by atoms with E-state index in [1.165, 1.54) is 36.4 Å². The predicted octanol–water partition coefficient (Wildman–Crippen LogP) is 1.87. The minimum absolute atomic E-state index is 0.192. The Bertz CT molecular complexity index is 572. The van der Waals surface area contributed by atoms with E-state index in [2.05, 4.69) is 0 Å². The van der Waals surface area contributed by atoms with Crippen molar-refractivity contribution in [3.63, 3.8) is 0 Å². The van der Waals surface area contributed by atoms with Crippen molar-refractivity contribution >= 4 is 7.69 Å². The minimum Gasteiger partial charge on any atom is -0.526 e. The molecular formula is C14H14BF2N2O2. The van der Waals surface area contributed by atoms with Crippen LogP contribution in [0.1, 0.15) is 11.1 Å². The third-order valence-electron chi connectivity index (χ3n) is 2.85. The van der Waals surface area contributed by atoms with Crippen LogP contribution in [0, 0.1) is 11.6 Å². The van der Waals surface area contributed by atoms with Crippen molar-refractivity contribution in [1.82, 2.24) is 0 Å². The van der Waals surface area contributed by atoms with Gasteiger partial charge in [-0.05, 0) is 12.1 Å². The zero-order valence-corrected chi connectivity index (χ0v) is 11.2. The molecule has 0 amide bonds. The summed E-state index contributed by atoms with van der Waals surface area (Å²) in [7, 11) is 0.988. The van der Waals surface area contributed by atoms with Crippen LogP contribution in [0.2, 0.25) is 0 Å². The van der Waals surface area contributed by atoms with E-state index >= 15 is 0 Å². The lowest BCUT2D eigenvalue weighted by Gasteiger charge is -2.12. The van der Waals surface area contributed by atoms with E-state index < -0.39 is 11.6 Å². The highest BCUT2D eigenvalue weighted by Crippen LogP contribution is 2.21. The molecule has 0 bridgehead atoms. The molecule has 0 aliphatic heterocycles.